The predicted octanol–water partition coefficient (Wildman–Crippen LogP) is 5.30. The predicted molar refractivity (Wildman–Crippen MR) is 156 cm³/mol. The highest BCUT2D eigenvalue weighted by atomic mass is 35.5. The molecule has 0 N–H and O–H groups in total. The topological polar surface area (TPSA) is 79.1 Å². The van der Waals surface area contributed by atoms with Gasteiger partial charge in [-0.15, -0.1) is 0 Å². The molecule has 3 aromatic carbocycles. The molecular formula is C30H24Cl2N2O5S. The van der Waals surface area contributed by atoms with E-state index in [2.05, 4.69) is 4.99 Å². The molecule has 2 heterocycles. The number of hydrogen-bond donors (Lipinski definition) is 0. The number of hydrogen-bond acceptors (Lipinski definition) is 7. The van der Waals surface area contributed by atoms with Crippen molar-refractivity contribution in [3.63, 3.8) is 0 Å². The van der Waals surface area contributed by atoms with Gasteiger partial charge in [0.25, 0.3) is 5.56 Å². The van der Waals surface area contributed by atoms with E-state index in [1.165, 1.54) is 30.1 Å². The normalized spacial score (nSPS) is 14.9. The lowest BCUT2D eigenvalue weighted by Crippen LogP contribution is -2.40. The van der Waals surface area contributed by atoms with Gasteiger partial charge < -0.3 is 14.2 Å². The first-order valence-corrected chi connectivity index (χ1v) is 13.8. The molecule has 0 unspecified atom stereocenters. The van der Waals surface area contributed by atoms with Crippen LogP contribution in [0.25, 0.3) is 6.08 Å². The number of rotatable bonds is 7. The molecule has 5 rings (SSSR count). The fraction of sp³-hybridized carbons (Fsp3) is 0.167. The van der Waals surface area contributed by atoms with E-state index in [4.69, 9.17) is 37.4 Å². The van der Waals surface area contributed by atoms with Crippen LogP contribution in [0, 0.1) is 0 Å². The molecule has 4 aromatic rings. The Morgan fingerprint density at radius 2 is 1.80 bits per heavy atom. The summed E-state index contributed by atoms with van der Waals surface area (Å²) in [5, 5.41) is 1.10. The highest BCUT2D eigenvalue weighted by molar-refractivity contribution is 7.07. The average molecular weight is 596 g/mol. The van der Waals surface area contributed by atoms with Crippen molar-refractivity contribution in [3.8, 4) is 11.5 Å². The van der Waals surface area contributed by atoms with Gasteiger partial charge in [0.1, 0.15) is 24.1 Å². The Bertz CT molecular complexity index is 1810. The second kappa shape index (κ2) is 11.7. The SMILES string of the molecule is COC(=O)C1=C(C)N=c2s/c(=C\c3cccc(OCc4ccc(Cl)cc4)c3)c(=O)n2[C@@H]1c1cc(Cl)ccc1OC. The number of esters is 1. The number of halogens is 2. The van der Waals surface area contributed by atoms with Crippen LogP contribution in [0.15, 0.2) is 87.8 Å². The summed E-state index contributed by atoms with van der Waals surface area (Å²) in [7, 11) is 2.81. The molecule has 7 nitrogen and oxygen atoms in total. The molecule has 10 heteroatoms. The molecule has 0 saturated heterocycles. The molecular weight excluding hydrogens is 571 g/mol. The Balaban J connectivity index is 1.58. The Morgan fingerprint density at radius 3 is 2.52 bits per heavy atom. The van der Waals surface area contributed by atoms with Crippen LogP contribution in [0.4, 0.5) is 0 Å². The van der Waals surface area contributed by atoms with Crippen LogP contribution in [-0.2, 0) is 16.1 Å². The number of ether oxygens (including phenoxy) is 3. The Labute approximate surface area is 244 Å². The number of carbonyl (C=O) groups is 1. The van der Waals surface area contributed by atoms with Crippen molar-refractivity contribution >= 4 is 46.6 Å². The van der Waals surface area contributed by atoms with Gasteiger partial charge in [-0.05, 0) is 66.6 Å². The average Bonchev–Trinajstić information content (AvgIpc) is 3.25. The van der Waals surface area contributed by atoms with Crippen molar-refractivity contribution in [2.45, 2.75) is 19.6 Å². The zero-order valence-electron chi connectivity index (χ0n) is 21.8. The lowest BCUT2D eigenvalue weighted by Gasteiger charge is -2.25. The summed E-state index contributed by atoms with van der Waals surface area (Å²) in [5.41, 5.74) is 2.69. The van der Waals surface area contributed by atoms with Gasteiger partial charge in [0.05, 0.1) is 30.0 Å². The summed E-state index contributed by atoms with van der Waals surface area (Å²) < 4.78 is 18.5. The number of methoxy groups -OCH3 is 2. The fourth-order valence-corrected chi connectivity index (χ4v) is 5.85. The third kappa shape index (κ3) is 5.56. The monoisotopic (exact) mass is 594 g/mol. The molecule has 1 aliphatic rings. The molecule has 0 amide bonds. The number of aromatic nitrogens is 1. The maximum Gasteiger partial charge on any atom is 0.338 e. The number of allylic oxidation sites excluding steroid dienone is 1. The van der Waals surface area contributed by atoms with E-state index in [1.807, 2.05) is 48.5 Å². The van der Waals surface area contributed by atoms with Crippen LogP contribution in [-0.4, -0.2) is 24.8 Å². The largest absolute Gasteiger partial charge is 0.496 e. The Hall–Kier alpha value is -3.85. The van der Waals surface area contributed by atoms with Crippen LogP contribution < -0.4 is 24.4 Å². The van der Waals surface area contributed by atoms with Crippen LogP contribution in [0.5, 0.6) is 11.5 Å². The molecule has 0 radical (unpaired) electrons. The van der Waals surface area contributed by atoms with Crippen LogP contribution >= 0.6 is 34.5 Å². The first-order valence-electron chi connectivity index (χ1n) is 12.2. The Morgan fingerprint density at radius 1 is 1.05 bits per heavy atom. The van der Waals surface area contributed by atoms with Gasteiger partial charge in [-0.1, -0.05) is 58.8 Å². The zero-order chi connectivity index (χ0) is 28.4. The van der Waals surface area contributed by atoms with Crippen molar-refractivity contribution in [2.24, 2.45) is 4.99 Å². The summed E-state index contributed by atoms with van der Waals surface area (Å²) in [5.74, 6) is 0.542. The minimum atomic E-state index is -0.839. The van der Waals surface area contributed by atoms with Crippen LogP contribution in [0.2, 0.25) is 10.0 Å². The quantitative estimate of drug-likeness (QED) is 0.271. The van der Waals surface area contributed by atoms with Crippen molar-refractivity contribution in [1.82, 2.24) is 4.57 Å². The van der Waals surface area contributed by atoms with Gasteiger partial charge in [-0.2, -0.15) is 0 Å². The van der Waals surface area contributed by atoms with Crippen molar-refractivity contribution in [2.75, 3.05) is 14.2 Å². The van der Waals surface area contributed by atoms with Crippen molar-refractivity contribution < 1.29 is 19.0 Å². The molecule has 0 aliphatic carbocycles. The molecule has 1 aromatic heterocycles. The number of fused-ring (bicyclic) bond motifs is 1. The lowest BCUT2D eigenvalue weighted by atomic mass is 9.95. The second-order valence-electron chi connectivity index (χ2n) is 8.95. The smallest absolute Gasteiger partial charge is 0.338 e. The van der Waals surface area contributed by atoms with E-state index >= 15 is 0 Å². The third-order valence-electron chi connectivity index (χ3n) is 6.39. The first-order chi connectivity index (χ1) is 19.3. The summed E-state index contributed by atoms with van der Waals surface area (Å²) in [6, 6.07) is 19.1. The molecule has 0 bridgehead atoms. The van der Waals surface area contributed by atoms with Gasteiger partial charge in [-0.25, -0.2) is 9.79 Å². The number of thiazole rings is 1. The molecule has 204 valence electrons. The lowest BCUT2D eigenvalue weighted by molar-refractivity contribution is -0.136. The summed E-state index contributed by atoms with van der Waals surface area (Å²) in [6.45, 7) is 2.09. The first kappa shape index (κ1) is 27.7. The molecule has 0 spiro atoms. The van der Waals surface area contributed by atoms with E-state index in [1.54, 1.807) is 31.2 Å². The minimum Gasteiger partial charge on any atom is -0.496 e. The van der Waals surface area contributed by atoms with Gasteiger partial charge in [0.2, 0.25) is 0 Å². The zero-order valence-corrected chi connectivity index (χ0v) is 24.1. The van der Waals surface area contributed by atoms with Crippen LogP contribution in [0.3, 0.4) is 0 Å². The van der Waals surface area contributed by atoms with E-state index in [9.17, 15) is 9.59 Å². The molecule has 40 heavy (non-hydrogen) atoms. The number of carbonyl (C=O) groups excluding carboxylic acids is 1. The summed E-state index contributed by atoms with van der Waals surface area (Å²) >= 11 is 13.5. The van der Waals surface area contributed by atoms with Gasteiger partial charge in [-0.3, -0.25) is 9.36 Å². The van der Waals surface area contributed by atoms with Crippen molar-refractivity contribution in [1.29, 1.82) is 0 Å². The Kier molecular flexibility index (Phi) is 8.12. The summed E-state index contributed by atoms with van der Waals surface area (Å²) in [6.07, 6.45) is 1.78. The van der Waals surface area contributed by atoms with E-state index in [-0.39, 0.29) is 11.1 Å². The maximum atomic E-state index is 13.9. The minimum absolute atomic E-state index is 0.236. The summed E-state index contributed by atoms with van der Waals surface area (Å²) in [4.78, 5) is 31.8. The van der Waals surface area contributed by atoms with Gasteiger partial charge in [0, 0.05) is 15.6 Å². The van der Waals surface area contributed by atoms with E-state index in [0.717, 1.165) is 11.1 Å². The second-order valence-corrected chi connectivity index (χ2v) is 10.8. The molecule has 0 fully saturated rings. The number of nitrogens with zero attached hydrogens (tertiary/aromatic N) is 2. The standard InChI is InChI=1S/C30H24Cl2N2O5S/c1-17-26(29(36)38-3)27(23-15-21(32)11-12-24(23)37-2)34-28(35)25(40-30(34)33-17)14-19-5-4-6-22(13-19)39-16-18-7-9-20(31)10-8-18/h4-15,27H,16H2,1-3H3/b25-14-/t27-/m1/s1. The highest BCUT2D eigenvalue weighted by Gasteiger charge is 2.35. The number of benzene rings is 3. The third-order valence-corrected chi connectivity index (χ3v) is 7.86. The van der Waals surface area contributed by atoms with Crippen molar-refractivity contribution in [3.05, 3.63) is 124 Å². The molecule has 1 aliphatic heterocycles. The molecule has 0 saturated carbocycles. The van der Waals surface area contributed by atoms with E-state index < -0.39 is 12.0 Å². The van der Waals surface area contributed by atoms with Crippen LogP contribution in [0.1, 0.15) is 29.7 Å². The van der Waals surface area contributed by atoms with Gasteiger partial charge >= 0.3 is 5.97 Å². The highest BCUT2D eigenvalue weighted by Crippen LogP contribution is 2.37. The molecule has 1 atom stereocenters. The fourth-order valence-electron chi connectivity index (χ4n) is 4.50. The maximum absolute atomic E-state index is 13.9. The van der Waals surface area contributed by atoms with E-state index in [0.29, 0.717) is 48.7 Å². The van der Waals surface area contributed by atoms with Gasteiger partial charge in [0.15, 0.2) is 4.80 Å².